The van der Waals surface area contributed by atoms with Crippen LogP contribution in [-0.2, 0) is 33.4 Å². The van der Waals surface area contributed by atoms with Gasteiger partial charge in [0.1, 0.15) is 12.2 Å². The molecule has 11 heteroatoms. The summed E-state index contributed by atoms with van der Waals surface area (Å²) in [4.78, 5) is 62.6. The molecule has 1 fully saturated rings. The Morgan fingerprint density at radius 3 is 2.35 bits per heavy atom. The first-order valence-corrected chi connectivity index (χ1v) is 12.4. The fraction of sp³-hybridized carbons (Fsp3) is 0.577. The number of para-hydroxylation sites is 1. The molecule has 2 amide bonds. The molecular weight excluding hydrogens is 484 g/mol. The van der Waals surface area contributed by atoms with E-state index in [-0.39, 0.29) is 17.2 Å². The van der Waals surface area contributed by atoms with Gasteiger partial charge in [0.2, 0.25) is 6.41 Å². The molecule has 0 radical (unpaired) electrons. The van der Waals surface area contributed by atoms with E-state index in [1.165, 1.54) is 32.0 Å². The summed E-state index contributed by atoms with van der Waals surface area (Å²) in [6, 6.07) is 2.69. The molecule has 0 saturated carbocycles. The molecular formula is C26H36N2O9. The predicted molar refractivity (Wildman–Crippen MR) is 132 cm³/mol. The van der Waals surface area contributed by atoms with Gasteiger partial charge < -0.3 is 30.0 Å². The van der Waals surface area contributed by atoms with E-state index in [4.69, 9.17) is 14.2 Å². The van der Waals surface area contributed by atoms with Gasteiger partial charge in [-0.25, -0.2) is 4.79 Å². The Labute approximate surface area is 216 Å². The van der Waals surface area contributed by atoms with Gasteiger partial charge in [-0.1, -0.05) is 40.2 Å². The number of carbonyl (C=O) groups is 5. The van der Waals surface area contributed by atoms with Gasteiger partial charge >= 0.3 is 17.9 Å². The van der Waals surface area contributed by atoms with Gasteiger partial charge in [-0.3, -0.25) is 19.2 Å². The molecule has 37 heavy (non-hydrogen) atoms. The number of amides is 2. The van der Waals surface area contributed by atoms with Crippen molar-refractivity contribution in [1.82, 2.24) is 5.32 Å². The van der Waals surface area contributed by atoms with Gasteiger partial charge in [-0.15, -0.1) is 0 Å². The van der Waals surface area contributed by atoms with Gasteiger partial charge in [0.15, 0.2) is 17.9 Å². The van der Waals surface area contributed by atoms with Crippen molar-refractivity contribution in [3.63, 3.8) is 0 Å². The highest BCUT2D eigenvalue weighted by Crippen LogP contribution is 2.30. The SMILES string of the molecule is CCC(C)C[C@H]1C(=O)O[C@H](C)[C@H](NC(=O)c2cccc(NC=O)c2O)C(=O)O[C@@H](C)[C@@H]1OC(=O)C(C)C. The van der Waals surface area contributed by atoms with Crippen LogP contribution < -0.4 is 10.6 Å². The molecule has 1 heterocycles. The number of anilines is 1. The van der Waals surface area contributed by atoms with Crippen molar-refractivity contribution in [2.45, 2.75) is 78.7 Å². The summed E-state index contributed by atoms with van der Waals surface area (Å²) >= 11 is 0. The summed E-state index contributed by atoms with van der Waals surface area (Å²) in [5.41, 5.74) is -0.222. The first kappa shape index (κ1) is 29.6. The van der Waals surface area contributed by atoms with Gasteiger partial charge in [0.05, 0.1) is 23.1 Å². The lowest BCUT2D eigenvalue weighted by Gasteiger charge is -2.30. The van der Waals surface area contributed by atoms with Crippen LogP contribution in [0.3, 0.4) is 0 Å². The minimum atomic E-state index is -1.43. The molecule has 2 rings (SSSR count). The van der Waals surface area contributed by atoms with Crippen LogP contribution in [0.5, 0.6) is 5.75 Å². The summed E-state index contributed by atoms with van der Waals surface area (Å²) in [6.45, 7) is 10.2. The number of aromatic hydroxyl groups is 1. The Bertz CT molecular complexity index is 1010. The molecule has 1 unspecified atom stereocenters. The maximum atomic E-state index is 13.3. The van der Waals surface area contributed by atoms with Crippen LogP contribution in [0.15, 0.2) is 18.2 Å². The van der Waals surface area contributed by atoms with E-state index in [9.17, 15) is 29.1 Å². The number of nitrogens with one attached hydrogen (secondary N) is 2. The number of ether oxygens (including phenoxy) is 3. The smallest absolute Gasteiger partial charge is 0.332 e. The number of cyclic esters (lactones) is 2. The average Bonchev–Trinajstić information content (AvgIpc) is 2.86. The molecule has 3 N–H and O–H groups in total. The van der Waals surface area contributed by atoms with E-state index in [2.05, 4.69) is 10.6 Å². The molecule has 204 valence electrons. The van der Waals surface area contributed by atoms with Crippen LogP contribution in [0.4, 0.5) is 5.69 Å². The number of carbonyl (C=O) groups excluding carboxylic acids is 5. The minimum Gasteiger partial charge on any atom is -0.505 e. The molecule has 1 aromatic rings. The van der Waals surface area contributed by atoms with Crippen molar-refractivity contribution in [2.75, 3.05) is 5.32 Å². The molecule has 0 aromatic heterocycles. The van der Waals surface area contributed by atoms with Crippen LogP contribution >= 0.6 is 0 Å². The maximum Gasteiger partial charge on any atom is 0.332 e. The normalized spacial score (nSPS) is 25.0. The average molecular weight is 521 g/mol. The van der Waals surface area contributed by atoms with E-state index in [0.717, 1.165) is 6.42 Å². The second kappa shape index (κ2) is 13.1. The Morgan fingerprint density at radius 1 is 1.11 bits per heavy atom. The Morgan fingerprint density at radius 2 is 1.76 bits per heavy atom. The Balaban J connectivity index is 2.39. The lowest BCUT2D eigenvalue weighted by molar-refractivity contribution is -0.177. The number of hydrogen-bond acceptors (Lipinski definition) is 9. The highest BCUT2D eigenvalue weighted by Gasteiger charge is 2.44. The third-order valence-electron chi connectivity index (χ3n) is 6.35. The predicted octanol–water partition coefficient (Wildman–Crippen LogP) is 2.56. The summed E-state index contributed by atoms with van der Waals surface area (Å²) in [5, 5.41) is 15.1. The van der Waals surface area contributed by atoms with Crippen LogP contribution in [0, 0.1) is 17.8 Å². The van der Waals surface area contributed by atoms with Gasteiger partial charge in [0.25, 0.3) is 5.91 Å². The van der Waals surface area contributed by atoms with Crippen molar-refractivity contribution in [3.8, 4) is 5.75 Å². The number of rotatable bonds is 9. The van der Waals surface area contributed by atoms with E-state index in [1.54, 1.807) is 13.8 Å². The molecule has 11 nitrogen and oxygen atoms in total. The van der Waals surface area contributed by atoms with Crippen molar-refractivity contribution in [2.24, 2.45) is 17.8 Å². The van der Waals surface area contributed by atoms with E-state index >= 15 is 0 Å². The fourth-order valence-electron chi connectivity index (χ4n) is 3.90. The molecule has 1 saturated heterocycles. The first-order valence-electron chi connectivity index (χ1n) is 12.4. The van der Waals surface area contributed by atoms with Gasteiger partial charge in [-0.2, -0.15) is 0 Å². The highest BCUT2D eigenvalue weighted by molar-refractivity contribution is 6.01. The van der Waals surface area contributed by atoms with E-state index in [0.29, 0.717) is 12.8 Å². The van der Waals surface area contributed by atoms with Crippen molar-refractivity contribution in [1.29, 1.82) is 0 Å². The highest BCUT2D eigenvalue weighted by atomic mass is 16.6. The third kappa shape index (κ3) is 7.43. The van der Waals surface area contributed by atoms with Crippen LogP contribution in [0.2, 0.25) is 0 Å². The van der Waals surface area contributed by atoms with Gasteiger partial charge in [-0.05, 0) is 38.3 Å². The summed E-state index contributed by atoms with van der Waals surface area (Å²) in [5.74, 6) is -4.78. The zero-order valence-electron chi connectivity index (χ0n) is 22.0. The van der Waals surface area contributed by atoms with Crippen LogP contribution in [0.25, 0.3) is 0 Å². The lowest BCUT2D eigenvalue weighted by atomic mass is 9.87. The Hall–Kier alpha value is -3.63. The first-order chi connectivity index (χ1) is 17.4. The molecule has 1 aliphatic rings. The van der Waals surface area contributed by atoms with Crippen molar-refractivity contribution in [3.05, 3.63) is 23.8 Å². The standard InChI is InChI=1S/C26H36N2O9/c1-7-14(4)11-18-22(37-24(32)13(2)3)16(6)36-26(34)20(15(5)35-25(18)33)28-23(31)17-9-8-10-19(21(17)30)27-12-29/h8-10,12-16,18,20,22,30H,7,11H2,1-6H3,(H,27,29)(H,28,31)/t14?,15-,16+,18-,20+,22+/m1/s1. The van der Waals surface area contributed by atoms with Crippen LogP contribution in [0.1, 0.15) is 64.7 Å². The zero-order valence-corrected chi connectivity index (χ0v) is 22.0. The van der Waals surface area contributed by atoms with Gasteiger partial charge in [0, 0.05) is 0 Å². The summed E-state index contributed by atoms with van der Waals surface area (Å²) in [6.07, 6.45) is -1.81. The third-order valence-corrected chi connectivity index (χ3v) is 6.35. The quantitative estimate of drug-likeness (QED) is 0.193. The number of esters is 3. The lowest BCUT2D eigenvalue weighted by Crippen LogP contribution is -2.50. The van der Waals surface area contributed by atoms with E-state index < -0.39 is 65.8 Å². The zero-order chi connectivity index (χ0) is 27.9. The minimum absolute atomic E-state index is 0.00418. The van der Waals surface area contributed by atoms with E-state index in [1.807, 2.05) is 13.8 Å². The summed E-state index contributed by atoms with van der Waals surface area (Å²) < 4.78 is 16.8. The fourth-order valence-corrected chi connectivity index (χ4v) is 3.90. The molecule has 0 bridgehead atoms. The monoisotopic (exact) mass is 520 g/mol. The summed E-state index contributed by atoms with van der Waals surface area (Å²) in [7, 11) is 0. The van der Waals surface area contributed by atoms with Crippen molar-refractivity contribution >= 4 is 35.9 Å². The van der Waals surface area contributed by atoms with Crippen molar-refractivity contribution < 1.29 is 43.3 Å². The Kier molecular flexibility index (Phi) is 10.5. The molecule has 1 aliphatic heterocycles. The molecule has 1 aromatic carbocycles. The number of phenols is 1. The second-order valence-electron chi connectivity index (χ2n) is 9.61. The molecule has 0 aliphatic carbocycles. The number of benzene rings is 1. The maximum absolute atomic E-state index is 13.3. The number of phenolic OH excluding ortho intramolecular Hbond substituents is 1. The number of hydrogen-bond donors (Lipinski definition) is 3. The largest absolute Gasteiger partial charge is 0.505 e. The topological polar surface area (TPSA) is 157 Å². The van der Waals surface area contributed by atoms with Crippen LogP contribution in [-0.4, -0.2) is 59.7 Å². The molecule has 6 atom stereocenters. The second-order valence-corrected chi connectivity index (χ2v) is 9.61. The molecule has 0 spiro atoms.